The summed E-state index contributed by atoms with van der Waals surface area (Å²) in [4.78, 5) is 22.9. The van der Waals surface area contributed by atoms with E-state index in [9.17, 15) is 4.79 Å². The van der Waals surface area contributed by atoms with Crippen molar-refractivity contribution in [2.75, 3.05) is 44.9 Å². The minimum Gasteiger partial charge on any atom is -0.497 e. The van der Waals surface area contributed by atoms with Crippen LogP contribution in [0.4, 0.5) is 5.13 Å². The molecule has 0 saturated heterocycles. The first-order valence-electron chi connectivity index (χ1n) is 9.47. The highest BCUT2D eigenvalue weighted by atomic mass is 32.2. The van der Waals surface area contributed by atoms with Crippen molar-refractivity contribution in [2.24, 2.45) is 0 Å². The van der Waals surface area contributed by atoms with Crippen LogP contribution in [-0.2, 0) is 4.79 Å². The molecule has 0 aliphatic carbocycles. The molecule has 0 spiro atoms. The van der Waals surface area contributed by atoms with Gasteiger partial charge in [-0.25, -0.2) is 4.98 Å². The van der Waals surface area contributed by atoms with Crippen LogP contribution < -0.4 is 9.64 Å². The van der Waals surface area contributed by atoms with Crippen LogP contribution in [0.3, 0.4) is 0 Å². The second-order valence-corrected chi connectivity index (χ2v) is 9.27. The first-order chi connectivity index (χ1) is 13.9. The monoisotopic (exact) mass is 429 g/mol. The van der Waals surface area contributed by atoms with Crippen molar-refractivity contribution in [2.45, 2.75) is 18.7 Å². The lowest BCUT2D eigenvalue weighted by molar-refractivity contribution is -0.116. The molecule has 0 aliphatic rings. The lowest BCUT2D eigenvalue weighted by Crippen LogP contribution is -2.37. The first kappa shape index (κ1) is 21.6. The summed E-state index contributed by atoms with van der Waals surface area (Å²) in [6, 6.07) is 12.0. The number of anilines is 1. The molecule has 154 valence electrons. The van der Waals surface area contributed by atoms with Gasteiger partial charge in [0.05, 0.1) is 23.1 Å². The van der Waals surface area contributed by atoms with Crippen LogP contribution in [0.5, 0.6) is 5.75 Å². The molecular formula is C22H27N3O2S2. The molecule has 3 aromatic rings. The zero-order chi connectivity index (χ0) is 21.0. The van der Waals surface area contributed by atoms with E-state index in [4.69, 9.17) is 9.72 Å². The molecule has 7 heteroatoms. The van der Waals surface area contributed by atoms with E-state index in [2.05, 4.69) is 30.9 Å². The maximum atomic E-state index is 13.1. The highest BCUT2D eigenvalue weighted by Crippen LogP contribution is 2.32. The minimum absolute atomic E-state index is 0.0705. The number of thiazole rings is 1. The number of rotatable bonds is 8. The number of carbonyl (C=O) groups excluding carboxylic acids is 1. The second kappa shape index (κ2) is 9.61. The molecule has 1 aromatic heterocycles. The second-order valence-electron chi connectivity index (χ2n) is 7.24. The number of ether oxygens (including phenoxy) is 1. The van der Waals surface area contributed by atoms with Gasteiger partial charge in [0.15, 0.2) is 5.13 Å². The normalized spacial score (nSPS) is 11.2. The SMILES string of the molecule is COc1ccc(SCC(=O)N(CCN(C)C)c2nc3cc(C)cc(C)c3s2)cc1. The number of hydrogen-bond donors (Lipinski definition) is 0. The highest BCUT2D eigenvalue weighted by Gasteiger charge is 2.20. The van der Waals surface area contributed by atoms with Crippen LogP contribution in [-0.4, -0.2) is 55.8 Å². The Balaban J connectivity index is 1.80. The fourth-order valence-electron chi connectivity index (χ4n) is 3.00. The van der Waals surface area contributed by atoms with Crippen LogP contribution in [0.1, 0.15) is 11.1 Å². The smallest absolute Gasteiger partial charge is 0.239 e. The number of hydrogen-bond acceptors (Lipinski definition) is 6. The van der Waals surface area contributed by atoms with Gasteiger partial charge in [0.25, 0.3) is 0 Å². The molecule has 0 N–H and O–H groups in total. The third-order valence-corrected chi connectivity index (χ3v) is 6.76. The molecule has 1 heterocycles. The Bertz CT molecular complexity index is 984. The van der Waals surface area contributed by atoms with Crippen molar-refractivity contribution in [3.63, 3.8) is 0 Å². The first-order valence-corrected chi connectivity index (χ1v) is 11.3. The van der Waals surface area contributed by atoms with Gasteiger partial charge in [-0.1, -0.05) is 17.4 Å². The number of aryl methyl sites for hydroxylation is 2. The molecule has 3 rings (SSSR count). The van der Waals surface area contributed by atoms with Crippen LogP contribution in [0, 0.1) is 13.8 Å². The average molecular weight is 430 g/mol. The van der Waals surface area contributed by atoms with E-state index in [1.165, 1.54) is 22.9 Å². The quantitative estimate of drug-likeness (QED) is 0.490. The van der Waals surface area contributed by atoms with E-state index in [1.807, 2.05) is 43.3 Å². The number of likely N-dealkylation sites (N-methyl/N-ethyl adjacent to an activating group) is 1. The lowest BCUT2D eigenvalue weighted by atomic mass is 10.1. The molecule has 0 atom stereocenters. The van der Waals surface area contributed by atoms with Crippen molar-refractivity contribution >= 4 is 44.4 Å². The third kappa shape index (κ3) is 5.50. The predicted molar refractivity (Wildman–Crippen MR) is 124 cm³/mol. The highest BCUT2D eigenvalue weighted by molar-refractivity contribution is 8.00. The third-order valence-electron chi connectivity index (χ3n) is 4.53. The molecule has 1 amide bonds. The van der Waals surface area contributed by atoms with Gasteiger partial charge < -0.3 is 9.64 Å². The Morgan fingerprint density at radius 1 is 1.14 bits per heavy atom. The van der Waals surface area contributed by atoms with E-state index in [-0.39, 0.29) is 5.91 Å². The van der Waals surface area contributed by atoms with E-state index in [1.54, 1.807) is 18.4 Å². The molecule has 0 fully saturated rings. The lowest BCUT2D eigenvalue weighted by Gasteiger charge is -2.21. The van der Waals surface area contributed by atoms with Crippen molar-refractivity contribution in [1.29, 1.82) is 0 Å². The van der Waals surface area contributed by atoms with E-state index >= 15 is 0 Å². The Labute approximate surface area is 180 Å². The zero-order valence-electron chi connectivity index (χ0n) is 17.6. The van der Waals surface area contributed by atoms with Gasteiger partial charge in [0, 0.05) is 18.0 Å². The van der Waals surface area contributed by atoms with Crippen molar-refractivity contribution in [3.05, 3.63) is 47.5 Å². The molecule has 0 aliphatic heterocycles. The number of fused-ring (bicyclic) bond motifs is 1. The molecule has 2 aromatic carbocycles. The summed E-state index contributed by atoms with van der Waals surface area (Å²) in [7, 11) is 5.68. The van der Waals surface area contributed by atoms with E-state index in [0.717, 1.165) is 32.5 Å². The summed E-state index contributed by atoms with van der Waals surface area (Å²) in [6.45, 7) is 5.58. The van der Waals surface area contributed by atoms with Gasteiger partial charge in [-0.2, -0.15) is 0 Å². The average Bonchev–Trinajstić information content (AvgIpc) is 3.10. The van der Waals surface area contributed by atoms with E-state index < -0.39 is 0 Å². The maximum absolute atomic E-state index is 13.1. The molecule has 0 radical (unpaired) electrons. The molecule has 5 nitrogen and oxygen atoms in total. The van der Waals surface area contributed by atoms with Crippen molar-refractivity contribution in [1.82, 2.24) is 9.88 Å². The Morgan fingerprint density at radius 2 is 1.86 bits per heavy atom. The molecule has 0 bridgehead atoms. The van der Waals surface area contributed by atoms with Gasteiger partial charge in [-0.15, -0.1) is 11.8 Å². The topological polar surface area (TPSA) is 45.7 Å². The van der Waals surface area contributed by atoms with Crippen LogP contribution in [0.25, 0.3) is 10.2 Å². The van der Waals surface area contributed by atoms with Gasteiger partial charge >= 0.3 is 0 Å². The summed E-state index contributed by atoms with van der Waals surface area (Å²) >= 11 is 3.13. The van der Waals surface area contributed by atoms with Crippen molar-refractivity contribution in [3.8, 4) is 5.75 Å². The number of nitrogens with zero attached hydrogens (tertiary/aromatic N) is 3. The van der Waals surface area contributed by atoms with Crippen LogP contribution >= 0.6 is 23.1 Å². The summed E-state index contributed by atoms with van der Waals surface area (Å²) < 4.78 is 6.35. The zero-order valence-corrected chi connectivity index (χ0v) is 19.2. The molecule has 29 heavy (non-hydrogen) atoms. The van der Waals surface area contributed by atoms with E-state index in [0.29, 0.717) is 12.3 Å². The van der Waals surface area contributed by atoms with Gasteiger partial charge in [0.1, 0.15) is 5.75 Å². The Kier molecular flexibility index (Phi) is 7.16. The molecular weight excluding hydrogens is 402 g/mol. The minimum atomic E-state index is 0.0705. The largest absolute Gasteiger partial charge is 0.497 e. The summed E-state index contributed by atoms with van der Waals surface area (Å²) in [5, 5.41) is 0.774. The predicted octanol–water partition coefficient (Wildman–Crippen LogP) is 4.61. The number of methoxy groups -OCH3 is 1. The molecule has 0 saturated carbocycles. The number of thioether (sulfide) groups is 1. The number of carbonyl (C=O) groups is 1. The van der Waals surface area contributed by atoms with Gasteiger partial charge in [-0.3, -0.25) is 9.69 Å². The fourth-order valence-corrected chi connectivity index (χ4v) is 4.84. The Hall–Kier alpha value is -2.09. The number of amides is 1. The molecule has 0 unspecified atom stereocenters. The number of benzene rings is 2. The summed E-state index contributed by atoms with van der Waals surface area (Å²) in [6.07, 6.45) is 0. The summed E-state index contributed by atoms with van der Waals surface area (Å²) in [5.74, 6) is 1.25. The van der Waals surface area contributed by atoms with Crippen molar-refractivity contribution < 1.29 is 9.53 Å². The summed E-state index contributed by atoms with van der Waals surface area (Å²) in [5.41, 5.74) is 3.36. The standard InChI is InChI=1S/C22H27N3O2S2/c1-15-12-16(2)21-19(13-15)23-22(29-21)25(11-10-24(3)4)20(26)14-28-18-8-6-17(27-5)7-9-18/h6-9,12-13H,10-11,14H2,1-5H3. The van der Waals surface area contributed by atoms with Gasteiger partial charge in [0.2, 0.25) is 5.91 Å². The van der Waals surface area contributed by atoms with Crippen LogP contribution in [0.15, 0.2) is 41.3 Å². The van der Waals surface area contributed by atoms with Gasteiger partial charge in [-0.05, 0) is 69.4 Å². The van der Waals surface area contributed by atoms with Crippen LogP contribution in [0.2, 0.25) is 0 Å². The number of aromatic nitrogens is 1. The maximum Gasteiger partial charge on any atom is 0.239 e. The Morgan fingerprint density at radius 3 is 2.52 bits per heavy atom. The fraction of sp³-hybridized carbons (Fsp3) is 0.364.